The van der Waals surface area contributed by atoms with Crippen molar-refractivity contribution in [2.45, 2.75) is 6.54 Å². The number of hydrogen-bond donors (Lipinski definition) is 2. The number of halogens is 2. The summed E-state index contributed by atoms with van der Waals surface area (Å²) in [5.41, 5.74) is 1.79. The third-order valence-electron chi connectivity index (χ3n) is 4.62. The van der Waals surface area contributed by atoms with E-state index >= 15 is 0 Å². The lowest BCUT2D eigenvalue weighted by molar-refractivity contribution is 0.0951. The van der Waals surface area contributed by atoms with Crippen molar-refractivity contribution in [3.63, 3.8) is 0 Å². The molecule has 0 saturated carbocycles. The van der Waals surface area contributed by atoms with Crippen LogP contribution in [0.4, 0.5) is 5.82 Å². The Bertz CT molecular complexity index is 1270. The normalized spacial score (nSPS) is 10.6. The zero-order valence-corrected chi connectivity index (χ0v) is 18.1. The number of hydrogen-bond acceptors (Lipinski definition) is 4. The van der Waals surface area contributed by atoms with Gasteiger partial charge in [-0.15, -0.1) is 0 Å². The first-order valence-electron chi connectivity index (χ1n) is 9.60. The lowest BCUT2D eigenvalue weighted by Gasteiger charge is -2.13. The van der Waals surface area contributed by atoms with E-state index in [2.05, 4.69) is 20.7 Å². The van der Waals surface area contributed by atoms with Gasteiger partial charge in [-0.3, -0.25) is 14.6 Å². The molecule has 2 N–H and O–H groups in total. The Morgan fingerprint density at radius 2 is 1.59 bits per heavy atom. The molecular weight excluding hydrogens is 449 g/mol. The first-order valence-corrected chi connectivity index (χ1v) is 10.4. The van der Waals surface area contributed by atoms with Crippen molar-refractivity contribution in [3.8, 4) is 5.69 Å². The van der Waals surface area contributed by atoms with Crippen LogP contribution in [-0.4, -0.2) is 26.6 Å². The summed E-state index contributed by atoms with van der Waals surface area (Å²) < 4.78 is 1.41. The maximum Gasteiger partial charge on any atom is 0.258 e. The number of pyridine rings is 1. The summed E-state index contributed by atoms with van der Waals surface area (Å²) in [6.45, 7) is 0.266. The molecule has 0 aliphatic carbocycles. The molecule has 0 aliphatic heterocycles. The minimum absolute atomic E-state index is 0.173. The highest BCUT2D eigenvalue weighted by atomic mass is 35.5. The Balaban J connectivity index is 1.69. The van der Waals surface area contributed by atoms with Crippen LogP contribution in [0, 0.1) is 0 Å². The molecule has 32 heavy (non-hydrogen) atoms. The first-order chi connectivity index (χ1) is 15.5. The quantitative estimate of drug-likeness (QED) is 0.429. The fraction of sp³-hybridized carbons (Fsp3) is 0.0435. The average Bonchev–Trinajstić information content (AvgIpc) is 3.22. The molecule has 0 radical (unpaired) electrons. The number of amides is 2. The molecule has 2 aromatic carbocycles. The summed E-state index contributed by atoms with van der Waals surface area (Å²) in [4.78, 5) is 29.9. The van der Waals surface area contributed by atoms with E-state index in [1.165, 1.54) is 10.9 Å². The van der Waals surface area contributed by atoms with Gasteiger partial charge in [0.25, 0.3) is 11.8 Å². The highest BCUT2D eigenvalue weighted by Crippen LogP contribution is 2.27. The minimum atomic E-state index is -0.481. The molecule has 2 aromatic heterocycles. The largest absolute Gasteiger partial charge is 0.348 e. The molecule has 0 aliphatic rings. The van der Waals surface area contributed by atoms with Gasteiger partial charge in [-0.05, 0) is 35.9 Å². The summed E-state index contributed by atoms with van der Waals surface area (Å²) in [5.74, 6) is -0.723. The van der Waals surface area contributed by atoms with Crippen LogP contribution in [-0.2, 0) is 6.54 Å². The van der Waals surface area contributed by atoms with Gasteiger partial charge in [0.2, 0.25) is 0 Å². The summed E-state index contributed by atoms with van der Waals surface area (Å²) >= 11 is 12.5. The van der Waals surface area contributed by atoms with Crippen molar-refractivity contribution >= 4 is 40.8 Å². The number of benzene rings is 2. The lowest BCUT2D eigenvalue weighted by Crippen LogP contribution is -2.25. The Morgan fingerprint density at radius 3 is 2.31 bits per heavy atom. The van der Waals surface area contributed by atoms with Gasteiger partial charge in [0.1, 0.15) is 11.4 Å². The van der Waals surface area contributed by atoms with Gasteiger partial charge in [0.15, 0.2) is 0 Å². The number of rotatable bonds is 6. The maximum atomic E-state index is 13.0. The van der Waals surface area contributed by atoms with E-state index in [9.17, 15) is 9.59 Å². The molecule has 0 spiro atoms. The van der Waals surface area contributed by atoms with Crippen LogP contribution in [0.25, 0.3) is 5.69 Å². The van der Waals surface area contributed by atoms with Crippen LogP contribution in [0.5, 0.6) is 0 Å². The van der Waals surface area contributed by atoms with Crippen LogP contribution in [0.3, 0.4) is 0 Å². The molecule has 160 valence electrons. The second-order valence-electron chi connectivity index (χ2n) is 6.75. The van der Waals surface area contributed by atoms with Gasteiger partial charge in [-0.25, -0.2) is 4.68 Å². The van der Waals surface area contributed by atoms with E-state index in [1.54, 1.807) is 67.0 Å². The summed E-state index contributed by atoms with van der Waals surface area (Å²) in [5, 5.41) is 10.6. The summed E-state index contributed by atoms with van der Waals surface area (Å²) in [7, 11) is 0. The topological polar surface area (TPSA) is 88.9 Å². The van der Waals surface area contributed by atoms with Crippen molar-refractivity contribution < 1.29 is 9.59 Å². The molecule has 0 bridgehead atoms. The zero-order chi connectivity index (χ0) is 22.5. The van der Waals surface area contributed by atoms with Crippen molar-refractivity contribution in [2.75, 3.05) is 5.32 Å². The van der Waals surface area contributed by atoms with Crippen molar-refractivity contribution in [1.82, 2.24) is 20.1 Å². The smallest absolute Gasteiger partial charge is 0.258 e. The minimum Gasteiger partial charge on any atom is -0.348 e. The number of carbonyl (C=O) groups excluding carboxylic acids is 2. The van der Waals surface area contributed by atoms with E-state index in [0.717, 1.165) is 5.56 Å². The Hall–Kier alpha value is -3.68. The van der Waals surface area contributed by atoms with Gasteiger partial charge in [-0.1, -0.05) is 53.5 Å². The van der Waals surface area contributed by atoms with Gasteiger partial charge in [0.05, 0.1) is 27.5 Å². The van der Waals surface area contributed by atoms with Crippen LogP contribution in [0.15, 0.2) is 79.3 Å². The van der Waals surface area contributed by atoms with Crippen LogP contribution in [0.2, 0.25) is 10.0 Å². The van der Waals surface area contributed by atoms with Gasteiger partial charge < -0.3 is 10.6 Å². The Labute approximate surface area is 194 Å². The third-order valence-corrected chi connectivity index (χ3v) is 5.27. The van der Waals surface area contributed by atoms with E-state index in [1.807, 2.05) is 6.07 Å². The van der Waals surface area contributed by atoms with E-state index < -0.39 is 11.8 Å². The van der Waals surface area contributed by atoms with Crippen LogP contribution in [0.1, 0.15) is 26.3 Å². The monoisotopic (exact) mass is 465 g/mol. The standard InChI is InChI=1S/C23H17Cl2N5O2/c24-18-8-2-1-7-16(18)23(32)29-21-17(22(31)27-13-15-6-5-11-26-12-15)14-28-30(21)20-10-4-3-9-19(20)25/h1-12,14H,13H2,(H,27,31)(H,29,32). The van der Waals surface area contributed by atoms with Crippen molar-refractivity contribution in [1.29, 1.82) is 0 Å². The van der Waals surface area contributed by atoms with E-state index in [-0.39, 0.29) is 28.5 Å². The molecule has 0 saturated heterocycles. The molecule has 2 heterocycles. The average molecular weight is 466 g/mol. The second-order valence-corrected chi connectivity index (χ2v) is 7.56. The Morgan fingerprint density at radius 1 is 0.844 bits per heavy atom. The number of nitrogens with zero attached hydrogens (tertiary/aromatic N) is 3. The molecule has 0 fully saturated rings. The second kappa shape index (κ2) is 9.64. The van der Waals surface area contributed by atoms with Gasteiger partial charge in [-0.2, -0.15) is 5.10 Å². The molecule has 2 amide bonds. The third kappa shape index (κ3) is 4.64. The highest BCUT2D eigenvalue weighted by molar-refractivity contribution is 6.34. The predicted octanol–water partition coefficient (Wildman–Crippen LogP) is 4.76. The first kappa shape index (κ1) is 21.5. The Kier molecular flexibility index (Phi) is 6.49. The molecule has 9 heteroatoms. The van der Waals surface area contributed by atoms with E-state index in [0.29, 0.717) is 10.7 Å². The van der Waals surface area contributed by atoms with E-state index in [4.69, 9.17) is 23.2 Å². The van der Waals surface area contributed by atoms with Gasteiger partial charge >= 0.3 is 0 Å². The molecular formula is C23H17Cl2N5O2. The maximum absolute atomic E-state index is 13.0. The van der Waals surface area contributed by atoms with Crippen LogP contribution < -0.4 is 10.6 Å². The fourth-order valence-corrected chi connectivity index (χ4v) is 3.48. The zero-order valence-electron chi connectivity index (χ0n) is 16.6. The predicted molar refractivity (Wildman–Crippen MR) is 123 cm³/mol. The number of nitrogens with one attached hydrogen (secondary N) is 2. The number of anilines is 1. The molecule has 0 atom stereocenters. The molecule has 4 rings (SSSR count). The molecule has 4 aromatic rings. The lowest BCUT2D eigenvalue weighted by atomic mass is 10.2. The number of aromatic nitrogens is 3. The van der Waals surface area contributed by atoms with Crippen LogP contribution >= 0.6 is 23.2 Å². The fourth-order valence-electron chi connectivity index (χ4n) is 3.04. The summed E-state index contributed by atoms with van der Waals surface area (Å²) in [6, 6.07) is 17.3. The van der Waals surface area contributed by atoms with Crippen molar-refractivity contribution in [3.05, 3.63) is 106 Å². The highest BCUT2D eigenvalue weighted by Gasteiger charge is 2.22. The number of para-hydroxylation sites is 1. The SMILES string of the molecule is O=C(Nc1c(C(=O)NCc2cccnc2)cnn1-c1ccccc1Cl)c1ccccc1Cl. The number of carbonyl (C=O) groups is 2. The summed E-state index contributed by atoms with van der Waals surface area (Å²) in [6.07, 6.45) is 4.69. The van der Waals surface area contributed by atoms with Gasteiger partial charge in [0, 0.05) is 18.9 Å². The molecule has 0 unspecified atom stereocenters. The molecule has 7 nitrogen and oxygen atoms in total. The van der Waals surface area contributed by atoms with Crippen molar-refractivity contribution in [2.24, 2.45) is 0 Å².